The third-order valence-electron chi connectivity index (χ3n) is 11.3. The smallest absolute Gasteiger partial charge is 0.416 e. The SMILES string of the molecule is CCCCCCCCOc1cc(/C=C/c2ccc(/C=C(/C#N)c3cccc(C(F)(F)F)c3)cc2)c(OCCCCCCCC)cc1/C=C/c1ccc(/C=C(/C#N)c2cccc(C(F)(F)F)c2)cc1. The highest BCUT2D eigenvalue weighted by Gasteiger charge is 2.31. The molecule has 4 nitrogen and oxygen atoms in total. The lowest BCUT2D eigenvalue weighted by atomic mass is 10.0. The predicted molar refractivity (Wildman–Crippen MR) is 265 cm³/mol. The minimum absolute atomic E-state index is 0.116. The summed E-state index contributed by atoms with van der Waals surface area (Å²) in [6, 6.07) is 32.3. The molecule has 0 fully saturated rings. The third kappa shape index (κ3) is 16.8. The number of nitrogens with zero attached hydrogens (tertiary/aromatic N) is 2. The highest BCUT2D eigenvalue weighted by atomic mass is 19.4. The average Bonchev–Trinajstić information content (AvgIpc) is 3.33. The molecule has 0 radical (unpaired) electrons. The van der Waals surface area contributed by atoms with E-state index in [1.807, 2.05) is 97.1 Å². The number of rotatable bonds is 24. The van der Waals surface area contributed by atoms with Gasteiger partial charge in [-0.3, -0.25) is 0 Å². The Kier molecular flexibility index (Phi) is 20.4. The summed E-state index contributed by atoms with van der Waals surface area (Å²) < 4.78 is 93.2. The molecule has 0 aliphatic heterocycles. The van der Waals surface area contributed by atoms with Crippen LogP contribution in [0, 0.1) is 22.7 Å². The molecule has 5 rings (SSSR count). The van der Waals surface area contributed by atoms with E-state index < -0.39 is 23.5 Å². The molecule has 354 valence electrons. The van der Waals surface area contributed by atoms with Gasteiger partial charge in [-0.25, -0.2) is 0 Å². The highest BCUT2D eigenvalue weighted by Crippen LogP contribution is 2.35. The monoisotopic (exact) mass is 928 g/mol. The van der Waals surface area contributed by atoms with E-state index in [1.165, 1.54) is 62.8 Å². The maximum absolute atomic E-state index is 13.4. The number of benzene rings is 5. The van der Waals surface area contributed by atoms with E-state index in [0.29, 0.717) is 35.8 Å². The van der Waals surface area contributed by atoms with E-state index in [2.05, 4.69) is 13.8 Å². The van der Waals surface area contributed by atoms with Crippen molar-refractivity contribution < 1.29 is 35.8 Å². The summed E-state index contributed by atoms with van der Waals surface area (Å²) in [6.45, 7) is 5.44. The van der Waals surface area contributed by atoms with E-state index in [4.69, 9.17) is 9.47 Å². The summed E-state index contributed by atoms with van der Waals surface area (Å²) in [4.78, 5) is 0. The van der Waals surface area contributed by atoms with Gasteiger partial charge in [0.15, 0.2) is 0 Å². The lowest BCUT2D eigenvalue weighted by molar-refractivity contribution is -0.138. The van der Waals surface area contributed by atoms with Crippen molar-refractivity contribution >= 4 is 47.6 Å². The topological polar surface area (TPSA) is 66.0 Å². The van der Waals surface area contributed by atoms with Crippen LogP contribution in [0.1, 0.15) is 147 Å². The van der Waals surface area contributed by atoms with Gasteiger partial charge < -0.3 is 9.47 Å². The molecule has 0 N–H and O–H groups in total. The fourth-order valence-corrected chi connectivity index (χ4v) is 7.43. The van der Waals surface area contributed by atoms with Gasteiger partial charge in [0.1, 0.15) is 11.5 Å². The Morgan fingerprint density at radius 1 is 0.456 bits per heavy atom. The maximum atomic E-state index is 13.4. The molecule has 0 heterocycles. The Labute approximate surface area is 397 Å². The number of hydrogen-bond donors (Lipinski definition) is 0. The van der Waals surface area contributed by atoms with Crippen molar-refractivity contribution in [3.8, 4) is 23.6 Å². The Morgan fingerprint density at radius 3 is 1.16 bits per heavy atom. The molecular weight excluding hydrogens is 871 g/mol. The van der Waals surface area contributed by atoms with Gasteiger partial charge in [-0.2, -0.15) is 36.9 Å². The largest absolute Gasteiger partial charge is 0.493 e. The van der Waals surface area contributed by atoms with Crippen LogP contribution in [0.25, 0.3) is 47.6 Å². The number of hydrogen-bond acceptors (Lipinski definition) is 4. The minimum atomic E-state index is -4.52. The van der Waals surface area contributed by atoms with Crippen LogP contribution >= 0.6 is 0 Å². The van der Waals surface area contributed by atoms with Gasteiger partial charge in [0.25, 0.3) is 0 Å². The zero-order chi connectivity index (χ0) is 48.8. The zero-order valence-electron chi connectivity index (χ0n) is 38.7. The van der Waals surface area contributed by atoms with Gasteiger partial charge in [-0.15, -0.1) is 0 Å². The average molecular weight is 929 g/mol. The zero-order valence-corrected chi connectivity index (χ0v) is 38.7. The Bertz CT molecular complexity index is 2410. The van der Waals surface area contributed by atoms with Gasteiger partial charge in [0.05, 0.1) is 47.6 Å². The fraction of sp³-hybridized carbons (Fsp3) is 0.310. The standard InChI is InChI=1S/C58H58F6N2O2/c1-3-5-7-9-11-13-33-67-55-39-50(32-30-44-23-27-46(28-24-44)36-52(42-66)48-18-16-20-54(38-48)58(62,63)64)56(68-34-14-12-10-8-6-4-2)40-49(55)31-29-43-21-25-45(26-22-43)35-51(41-65)47-17-15-19-53(37-47)57(59,60)61/h15-32,35-40H,3-14,33-34H2,1-2H3/b31-29+,32-30+,51-35-,52-36-. The van der Waals surface area contributed by atoms with Crippen LogP contribution < -0.4 is 9.47 Å². The molecule has 0 aliphatic rings. The summed E-state index contributed by atoms with van der Waals surface area (Å²) in [5.74, 6) is 1.36. The predicted octanol–water partition coefficient (Wildman–Crippen LogP) is 17.7. The van der Waals surface area contributed by atoms with Gasteiger partial charge in [0, 0.05) is 11.1 Å². The van der Waals surface area contributed by atoms with E-state index in [9.17, 15) is 36.9 Å². The lowest BCUT2D eigenvalue weighted by Crippen LogP contribution is -2.04. The second kappa shape index (κ2) is 26.5. The highest BCUT2D eigenvalue weighted by molar-refractivity contribution is 5.91. The summed E-state index contributed by atoms with van der Waals surface area (Å²) in [6.07, 6.45) is 15.3. The summed E-state index contributed by atoms with van der Waals surface area (Å²) in [5.41, 5.74) is 3.63. The first-order chi connectivity index (χ1) is 32.8. The van der Waals surface area contributed by atoms with Gasteiger partial charge in [0.2, 0.25) is 0 Å². The molecule has 5 aromatic rings. The van der Waals surface area contributed by atoms with Crippen LogP contribution in [0.2, 0.25) is 0 Å². The molecule has 10 heteroatoms. The maximum Gasteiger partial charge on any atom is 0.416 e. The molecule has 68 heavy (non-hydrogen) atoms. The number of halogens is 6. The number of ether oxygens (including phenoxy) is 2. The summed E-state index contributed by atoms with van der Waals surface area (Å²) in [7, 11) is 0. The minimum Gasteiger partial charge on any atom is -0.493 e. The first kappa shape index (κ1) is 52.2. The van der Waals surface area contributed by atoms with Crippen molar-refractivity contribution in [3.05, 3.63) is 165 Å². The normalized spacial score (nSPS) is 12.4. The quantitative estimate of drug-likeness (QED) is 0.0268. The molecule has 0 aromatic heterocycles. The van der Waals surface area contributed by atoms with E-state index in [1.54, 1.807) is 12.2 Å². The summed E-state index contributed by atoms with van der Waals surface area (Å²) >= 11 is 0. The van der Waals surface area contributed by atoms with Crippen LogP contribution in [-0.4, -0.2) is 13.2 Å². The fourth-order valence-electron chi connectivity index (χ4n) is 7.43. The molecule has 0 saturated heterocycles. The van der Waals surface area contributed by atoms with E-state index in [0.717, 1.165) is 85.0 Å². The third-order valence-corrected chi connectivity index (χ3v) is 11.3. The lowest BCUT2D eigenvalue weighted by Gasteiger charge is -2.16. The Hall–Kier alpha value is -6.78. The van der Waals surface area contributed by atoms with Gasteiger partial charge in [-0.1, -0.05) is 175 Å². The van der Waals surface area contributed by atoms with Crippen molar-refractivity contribution in [3.63, 3.8) is 0 Å². The van der Waals surface area contributed by atoms with Crippen molar-refractivity contribution in [2.24, 2.45) is 0 Å². The molecule has 0 unspecified atom stereocenters. The molecule has 0 spiro atoms. The number of nitriles is 2. The molecule has 5 aromatic carbocycles. The number of allylic oxidation sites excluding steroid dienone is 2. The van der Waals surface area contributed by atoms with Crippen molar-refractivity contribution in [1.82, 2.24) is 0 Å². The van der Waals surface area contributed by atoms with Crippen LogP contribution in [0.5, 0.6) is 11.5 Å². The van der Waals surface area contributed by atoms with Gasteiger partial charge in [-0.05, 0) is 94.8 Å². The number of alkyl halides is 6. The molecule has 0 bridgehead atoms. The Balaban J connectivity index is 1.43. The molecule has 0 atom stereocenters. The van der Waals surface area contributed by atoms with Crippen molar-refractivity contribution in [1.29, 1.82) is 10.5 Å². The molecule has 0 saturated carbocycles. The van der Waals surface area contributed by atoms with Crippen molar-refractivity contribution in [2.45, 2.75) is 103 Å². The van der Waals surface area contributed by atoms with Crippen molar-refractivity contribution in [2.75, 3.05) is 13.2 Å². The van der Waals surface area contributed by atoms with Crippen LogP contribution in [0.3, 0.4) is 0 Å². The van der Waals surface area contributed by atoms with Crippen LogP contribution in [0.15, 0.2) is 109 Å². The van der Waals surface area contributed by atoms with E-state index >= 15 is 0 Å². The molecule has 0 amide bonds. The Morgan fingerprint density at radius 2 is 0.809 bits per heavy atom. The van der Waals surface area contributed by atoms with E-state index in [-0.39, 0.29) is 22.3 Å². The second-order valence-corrected chi connectivity index (χ2v) is 16.7. The van der Waals surface area contributed by atoms with Crippen LogP contribution in [0.4, 0.5) is 26.3 Å². The molecular formula is C58H58F6N2O2. The van der Waals surface area contributed by atoms with Gasteiger partial charge >= 0.3 is 12.4 Å². The molecule has 0 aliphatic carbocycles. The first-order valence-electron chi connectivity index (χ1n) is 23.4. The summed E-state index contributed by atoms with van der Waals surface area (Å²) in [5, 5.41) is 19.7. The second-order valence-electron chi connectivity index (χ2n) is 16.7. The van der Waals surface area contributed by atoms with Crippen LogP contribution in [-0.2, 0) is 12.4 Å². The first-order valence-corrected chi connectivity index (χ1v) is 23.4. The number of unbranched alkanes of at least 4 members (excludes halogenated alkanes) is 10.